The van der Waals surface area contributed by atoms with Crippen molar-refractivity contribution in [1.82, 2.24) is 0 Å². The molecule has 3 rings (SSSR count). The minimum atomic E-state index is -0.0997. The molecule has 7 heteroatoms. The molecule has 1 aromatic heterocycles. The predicted octanol–water partition coefficient (Wildman–Crippen LogP) is 6.18. The van der Waals surface area contributed by atoms with Gasteiger partial charge in [0.25, 0.3) is 0 Å². The SMILES string of the molecule is COc1ccc(-c2coc3cc(OCCC(C)C)ccc3c2=O)cc1N(CCCl)CCCl. The number of benzene rings is 2. The number of fused-ring (bicyclic) bond motifs is 1. The second-order valence-electron chi connectivity index (χ2n) is 7.92. The zero-order valence-electron chi connectivity index (χ0n) is 18.7. The van der Waals surface area contributed by atoms with E-state index in [9.17, 15) is 4.79 Å². The average Bonchev–Trinajstić information content (AvgIpc) is 2.78. The lowest BCUT2D eigenvalue weighted by atomic mass is 10.0. The highest BCUT2D eigenvalue weighted by Gasteiger charge is 2.16. The molecule has 0 spiro atoms. The van der Waals surface area contributed by atoms with Crippen LogP contribution in [0.25, 0.3) is 22.1 Å². The Bertz CT molecular complexity index is 1090. The molecule has 5 nitrogen and oxygen atoms in total. The van der Waals surface area contributed by atoms with E-state index >= 15 is 0 Å². The number of hydrogen-bond donors (Lipinski definition) is 0. The van der Waals surface area contributed by atoms with Gasteiger partial charge in [-0.1, -0.05) is 19.9 Å². The maximum absolute atomic E-state index is 13.2. The quantitative estimate of drug-likeness (QED) is 0.308. The average molecular weight is 478 g/mol. The highest BCUT2D eigenvalue weighted by Crippen LogP contribution is 2.33. The summed E-state index contributed by atoms with van der Waals surface area (Å²) in [5.41, 5.74) is 2.45. The van der Waals surface area contributed by atoms with Crippen molar-refractivity contribution in [2.45, 2.75) is 20.3 Å². The summed E-state index contributed by atoms with van der Waals surface area (Å²) >= 11 is 12.0. The third-order valence-electron chi connectivity index (χ3n) is 5.25. The monoisotopic (exact) mass is 477 g/mol. The Morgan fingerprint density at radius 3 is 2.47 bits per heavy atom. The van der Waals surface area contributed by atoms with Crippen LogP contribution in [0.1, 0.15) is 20.3 Å². The first-order chi connectivity index (χ1) is 15.5. The first-order valence-electron chi connectivity index (χ1n) is 10.7. The lowest BCUT2D eigenvalue weighted by Gasteiger charge is -2.25. The van der Waals surface area contributed by atoms with Crippen LogP contribution >= 0.6 is 23.2 Å². The second-order valence-corrected chi connectivity index (χ2v) is 8.68. The fourth-order valence-corrected chi connectivity index (χ4v) is 3.88. The van der Waals surface area contributed by atoms with Crippen molar-refractivity contribution in [3.63, 3.8) is 0 Å². The summed E-state index contributed by atoms with van der Waals surface area (Å²) in [6.07, 6.45) is 2.47. The molecule has 0 fully saturated rings. The molecule has 0 amide bonds. The van der Waals surface area contributed by atoms with Gasteiger partial charge in [-0.25, -0.2) is 0 Å². The second kappa shape index (κ2) is 11.5. The topological polar surface area (TPSA) is 51.9 Å². The maximum Gasteiger partial charge on any atom is 0.200 e. The van der Waals surface area contributed by atoms with Gasteiger partial charge in [0.05, 0.1) is 30.4 Å². The molecule has 0 atom stereocenters. The molecule has 0 aliphatic rings. The fourth-order valence-electron chi connectivity index (χ4n) is 3.47. The number of methoxy groups -OCH3 is 1. The van der Waals surface area contributed by atoms with Gasteiger partial charge in [-0.3, -0.25) is 4.79 Å². The number of nitrogens with zero attached hydrogens (tertiary/aromatic N) is 1. The first kappa shape index (κ1) is 24.3. The van der Waals surface area contributed by atoms with E-state index in [-0.39, 0.29) is 5.43 Å². The Morgan fingerprint density at radius 2 is 1.81 bits per heavy atom. The molecule has 1 heterocycles. The Kier molecular flexibility index (Phi) is 8.71. The molecule has 2 aromatic carbocycles. The number of alkyl halides is 2. The minimum absolute atomic E-state index is 0.0997. The molecule has 3 aromatic rings. The van der Waals surface area contributed by atoms with Crippen LogP contribution in [-0.4, -0.2) is 38.6 Å². The van der Waals surface area contributed by atoms with Crippen molar-refractivity contribution in [3.05, 3.63) is 52.9 Å². The first-order valence-corrected chi connectivity index (χ1v) is 11.8. The van der Waals surface area contributed by atoms with Gasteiger partial charge in [0.2, 0.25) is 0 Å². The molecule has 32 heavy (non-hydrogen) atoms. The molecule has 0 saturated carbocycles. The minimum Gasteiger partial charge on any atom is -0.495 e. The van der Waals surface area contributed by atoms with Gasteiger partial charge < -0.3 is 18.8 Å². The summed E-state index contributed by atoms with van der Waals surface area (Å²) in [6, 6.07) is 10.9. The van der Waals surface area contributed by atoms with Gasteiger partial charge in [-0.2, -0.15) is 0 Å². The summed E-state index contributed by atoms with van der Waals surface area (Å²) in [4.78, 5) is 15.3. The van der Waals surface area contributed by atoms with Crippen molar-refractivity contribution in [1.29, 1.82) is 0 Å². The summed E-state index contributed by atoms with van der Waals surface area (Å²) in [5.74, 6) is 2.85. The van der Waals surface area contributed by atoms with Gasteiger partial charge in [0, 0.05) is 30.9 Å². The van der Waals surface area contributed by atoms with Crippen molar-refractivity contribution in [3.8, 4) is 22.6 Å². The highest BCUT2D eigenvalue weighted by atomic mass is 35.5. The van der Waals surface area contributed by atoms with Crippen molar-refractivity contribution < 1.29 is 13.9 Å². The summed E-state index contributed by atoms with van der Waals surface area (Å²) < 4.78 is 17.1. The summed E-state index contributed by atoms with van der Waals surface area (Å²) in [5, 5.41) is 0.509. The van der Waals surface area contributed by atoms with Crippen molar-refractivity contribution in [2.75, 3.05) is 43.5 Å². The molecule has 0 saturated heterocycles. The van der Waals surface area contributed by atoms with Crippen LogP contribution in [0.2, 0.25) is 0 Å². The maximum atomic E-state index is 13.2. The van der Waals surface area contributed by atoms with E-state index in [1.54, 1.807) is 19.2 Å². The van der Waals surface area contributed by atoms with Crippen LogP contribution in [-0.2, 0) is 0 Å². The van der Waals surface area contributed by atoms with Gasteiger partial charge in [0.15, 0.2) is 5.43 Å². The number of hydrogen-bond acceptors (Lipinski definition) is 5. The van der Waals surface area contributed by atoms with E-state index in [2.05, 4.69) is 13.8 Å². The van der Waals surface area contributed by atoms with E-state index < -0.39 is 0 Å². The third-order valence-corrected chi connectivity index (χ3v) is 5.59. The predicted molar refractivity (Wildman–Crippen MR) is 133 cm³/mol. The standard InChI is InChI=1S/C25H29Cl2NO4/c1-17(2)8-13-31-19-5-6-20-24(15-19)32-16-21(25(20)29)18-4-7-23(30-3)22(14-18)28(11-9-26)12-10-27/h4-7,14-17H,8-13H2,1-3H3. The Labute approximate surface area is 198 Å². The van der Waals surface area contributed by atoms with Gasteiger partial charge >= 0.3 is 0 Å². The van der Waals surface area contributed by atoms with Crippen molar-refractivity contribution in [2.24, 2.45) is 5.92 Å². The van der Waals surface area contributed by atoms with Crippen LogP contribution in [0.5, 0.6) is 11.5 Å². The van der Waals surface area contributed by atoms with Gasteiger partial charge in [-0.15, -0.1) is 23.2 Å². The molecule has 0 aliphatic heterocycles. The number of rotatable bonds is 11. The summed E-state index contributed by atoms with van der Waals surface area (Å²) in [7, 11) is 1.61. The Hall–Kier alpha value is -2.37. The molecule has 0 radical (unpaired) electrons. The van der Waals surface area contributed by atoms with Crippen LogP contribution in [0, 0.1) is 5.92 Å². The molecule has 0 unspecified atom stereocenters. The van der Waals surface area contributed by atoms with E-state index in [0.29, 0.717) is 65.4 Å². The fraction of sp³-hybridized carbons (Fsp3) is 0.400. The van der Waals surface area contributed by atoms with E-state index in [1.165, 1.54) is 6.26 Å². The van der Waals surface area contributed by atoms with Crippen LogP contribution in [0.15, 0.2) is 51.9 Å². The molecule has 172 valence electrons. The zero-order valence-corrected chi connectivity index (χ0v) is 20.2. The Balaban J connectivity index is 1.97. The molecule has 0 bridgehead atoms. The molecule has 0 aliphatic carbocycles. The molecule has 0 N–H and O–H groups in total. The van der Waals surface area contributed by atoms with Gasteiger partial charge in [-0.05, 0) is 42.2 Å². The molecular weight excluding hydrogens is 449 g/mol. The number of halogens is 2. The normalized spacial score (nSPS) is 11.2. The molecular formula is C25H29Cl2NO4. The van der Waals surface area contributed by atoms with Gasteiger partial charge in [0.1, 0.15) is 23.3 Å². The summed E-state index contributed by atoms with van der Waals surface area (Å²) in [6.45, 7) is 6.15. The number of ether oxygens (including phenoxy) is 2. The van der Waals surface area contributed by atoms with E-state index in [0.717, 1.165) is 17.7 Å². The highest BCUT2D eigenvalue weighted by molar-refractivity contribution is 6.18. The van der Waals surface area contributed by atoms with Crippen molar-refractivity contribution >= 4 is 39.9 Å². The zero-order chi connectivity index (χ0) is 23.1. The largest absolute Gasteiger partial charge is 0.495 e. The lowest BCUT2D eigenvalue weighted by Crippen LogP contribution is -2.28. The van der Waals surface area contributed by atoms with Crippen LogP contribution < -0.4 is 19.8 Å². The lowest BCUT2D eigenvalue weighted by molar-refractivity contribution is 0.289. The number of anilines is 1. The Morgan fingerprint density at radius 1 is 1.06 bits per heavy atom. The van der Waals surface area contributed by atoms with E-state index in [4.69, 9.17) is 37.1 Å². The van der Waals surface area contributed by atoms with E-state index in [1.807, 2.05) is 29.2 Å². The van der Waals surface area contributed by atoms with Crippen LogP contribution in [0.3, 0.4) is 0 Å². The smallest absolute Gasteiger partial charge is 0.200 e. The third kappa shape index (κ3) is 5.70. The van der Waals surface area contributed by atoms with Crippen LogP contribution in [0.4, 0.5) is 5.69 Å².